The van der Waals surface area contributed by atoms with Gasteiger partial charge in [0.2, 0.25) is 0 Å². The van der Waals surface area contributed by atoms with Crippen molar-refractivity contribution in [3.63, 3.8) is 0 Å². The lowest BCUT2D eigenvalue weighted by molar-refractivity contribution is 0.0691. The maximum absolute atomic E-state index is 13.0. The van der Waals surface area contributed by atoms with Crippen molar-refractivity contribution in [1.82, 2.24) is 4.98 Å². The summed E-state index contributed by atoms with van der Waals surface area (Å²) in [5, 5.41) is 21.2. The number of benzene rings is 1. The Kier molecular flexibility index (Phi) is 6.70. The molecule has 1 heterocycles. The van der Waals surface area contributed by atoms with Crippen LogP contribution in [0, 0.1) is 5.82 Å². The Balaban J connectivity index is 2.41. The molecule has 0 amide bonds. The molecule has 0 spiro atoms. The van der Waals surface area contributed by atoms with Crippen LogP contribution < -0.4 is 5.32 Å². The molecule has 0 radical (unpaired) electrons. The maximum Gasteiger partial charge on any atom is 0.356 e. The van der Waals surface area contributed by atoms with Crippen LogP contribution in [-0.2, 0) is 6.42 Å². The molecule has 8 heteroatoms. The van der Waals surface area contributed by atoms with Gasteiger partial charge in [-0.05, 0) is 56.0 Å². The van der Waals surface area contributed by atoms with E-state index in [0.29, 0.717) is 34.1 Å². The summed E-state index contributed by atoms with van der Waals surface area (Å²) in [7, 11) is 0. The van der Waals surface area contributed by atoms with E-state index in [4.69, 9.17) is 5.11 Å². The number of nitrogens with one attached hydrogen (secondary N) is 1. The quantitative estimate of drug-likeness (QED) is 0.431. The number of carboxylic acids is 1. The molecular weight excluding hydrogens is 447 g/mol. The molecule has 1 aromatic heterocycles. The Morgan fingerprint density at radius 2 is 1.92 bits per heavy atom. The van der Waals surface area contributed by atoms with E-state index in [1.807, 2.05) is 0 Å². The third kappa shape index (κ3) is 4.52. The molecule has 0 bridgehead atoms. The lowest BCUT2D eigenvalue weighted by Crippen LogP contribution is -2.13. The zero-order chi connectivity index (χ0) is 17.7. The summed E-state index contributed by atoms with van der Waals surface area (Å²) < 4.78 is 14.0. The fourth-order valence-corrected chi connectivity index (χ4v) is 3.57. The van der Waals surface area contributed by atoms with Crippen molar-refractivity contribution in [3.05, 3.63) is 56.0 Å². The molecule has 0 aliphatic heterocycles. The lowest BCUT2D eigenvalue weighted by Gasteiger charge is -2.16. The molecule has 3 N–H and O–H groups in total. The minimum absolute atomic E-state index is 0.000578. The number of hydrogen-bond acceptors (Lipinski definition) is 4. The first-order valence-corrected chi connectivity index (χ1v) is 8.73. The molecule has 0 unspecified atom stereocenters. The molecule has 24 heavy (non-hydrogen) atoms. The van der Waals surface area contributed by atoms with Crippen LogP contribution >= 0.6 is 31.9 Å². The van der Waals surface area contributed by atoms with E-state index in [0.717, 1.165) is 11.1 Å². The molecule has 2 rings (SSSR count). The third-order valence-corrected chi connectivity index (χ3v) is 4.84. The van der Waals surface area contributed by atoms with Gasteiger partial charge < -0.3 is 15.5 Å². The van der Waals surface area contributed by atoms with E-state index < -0.39 is 5.97 Å². The van der Waals surface area contributed by atoms with Crippen LogP contribution in [0.1, 0.15) is 28.0 Å². The van der Waals surface area contributed by atoms with Crippen LogP contribution in [0.15, 0.2) is 33.3 Å². The number of aromatic carboxylic acids is 1. The number of pyridine rings is 1. The Hall–Kier alpha value is -1.51. The molecule has 0 saturated carbocycles. The fourth-order valence-electron chi connectivity index (χ4n) is 2.13. The van der Waals surface area contributed by atoms with Crippen molar-refractivity contribution in [2.45, 2.75) is 12.8 Å². The van der Waals surface area contributed by atoms with E-state index in [1.165, 1.54) is 12.1 Å². The van der Waals surface area contributed by atoms with Crippen LogP contribution in [0.5, 0.6) is 0 Å². The van der Waals surface area contributed by atoms with Gasteiger partial charge in [-0.25, -0.2) is 14.2 Å². The standard InChI is InChI=1S/C16H15Br2FN2O3/c17-12-11(8-9-2-4-10(19)5-3-9)15(18)21-14(16(23)24)13(12)20-6-1-7-22/h2-5,20,22H,1,6-8H2,(H,23,24). The van der Waals surface area contributed by atoms with Crippen LogP contribution in [0.3, 0.4) is 0 Å². The largest absolute Gasteiger partial charge is 0.476 e. The number of carboxylic acid groups (broad SMARTS) is 1. The second-order valence-corrected chi connectivity index (χ2v) is 6.58. The molecule has 128 valence electrons. The average Bonchev–Trinajstić information content (AvgIpc) is 2.55. The van der Waals surface area contributed by atoms with Gasteiger partial charge in [0.25, 0.3) is 0 Å². The van der Waals surface area contributed by atoms with E-state index in [1.54, 1.807) is 12.1 Å². The third-order valence-electron chi connectivity index (χ3n) is 3.31. The van der Waals surface area contributed by atoms with Gasteiger partial charge in [-0.2, -0.15) is 0 Å². The van der Waals surface area contributed by atoms with Gasteiger partial charge in [-0.3, -0.25) is 0 Å². The summed E-state index contributed by atoms with van der Waals surface area (Å²) in [6.45, 7) is 0.411. The van der Waals surface area contributed by atoms with E-state index in [-0.39, 0.29) is 18.1 Å². The van der Waals surface area contributed by atoms with Crippen LogP contribution in [0.4, 0.5) is 10.1 Å². The Morgan fingerprint density at radius 3 is 2.50 bits per heavy atom. The van der Waals surface area contributed by atoms with E-state index in [2.05, 4.69) is 42.2 Å². The molecule has 0 aliphatic carbocycles. The second-order valence-electron chi connectivity index (χ2n) is 5.03. The molecule has 2 aromatic rings. The number of aliphatic hydroxyl groups is 1. The maximum atomic E-state index is 13.0. The van der Waals surface area contributed by atoms with Gasteiger partial charge in [0.15, 0.2) is 5.69 Å². The van der Waals surface area contributed by atoms with Gasteiger partial charge in [-0.15, -0.1) is 0 Å². The number of carbonyl (C=O) groups is 1. The monoisotopic (exact) mass is 460 g/mol. The first-order valence-electron chi connectivity index (χ1n) is 7.14. The Morgan fingerprint density at radius 1 is 1.25 bits per heavy atom. The summed E-state index contributed by atoms with van der Waals surface area (Å²) in [5.74, 6) is -1.47. The number of halogens is 3. The SMILES string of the molecule is O=C(O)c1nc(Br)c(Cc2ccc(F)cc2)c(Br)c1NCCCO. The van der Waals surface area contributed by atoms with Crippen molar-refractivity contribution in [3.8, 4) is 0 Å². The Labute approximate surface area is 155 Å². The van der Waals surface area contributed by atoms with Gasteiger partial charge in [-0.1, -0.05) is 12.1 Å². The minimum Gasteiger partial charge on any atom is -0.476 e. The second kappa shape index (κ2) is 8.55. The van der Waals surface area contributed by atoms with Gasteiger partial charge in [0, 0.05) is 29.6 Å². The summed E-state index contributed by atoms with van der Waals surface area (Å²) >= 11 is 6.75. The van der Waals surface area contributed by atoms with Crippen molar-refractivity contribution in [2.75, 3.05) is 18.5 Å². The van der Waals surface area contributed by atoms with E-state index in [9.17, 15) is 14.3 Å². The smallest absolute Gasteiger partial charge is 0.356 e. The van der Waals surface area contributed by atoms with Gasteiger partial charge in [0.05, 0.1) is 5.69 Å². The first-order chi connectivity index (χ1) is 11.4. The number of nitrogens with zero attached hydrogens (tertiary/aromatic N) is 1. The molecule has 0 aliphatic rings. The zero-order valence-corrected chi connectivity index (χ0v) is 15.7. The highest BCUT2D eigenvalue weighted by Gasteiger charge is 2.21. The normalized spacial score (nSPS) is 10.7. The molecule has 0 saturated heterocycles. The fraction of sp³-hybridized carbons (Fsp3) is 0.250. The molecule has 0 fully saturated rings. The highest BCUT2D eigenvalue weighted by Crippen LogP contribution is 2.35. The highest BCUT2D eigenvalue weighted by molar-refractivity contribution is 9.11. The minimum atomic E-state index is -1.16. The topological polar surface area (TPSA) is 82.5 Å². The number of hydrogen-bond donors (Lipinski definition) is 3. The average molecular weight is 462 g/mol. The number of aromatic nitrogens is 1. The van der Waals surface area contributed by atoms with Gasteiger partial charge >= 0.3 is 5.97 Å². The van der Waals surface area contributed by atoms with E-state index >= 15 is 0 Å². The van der Waals surface area contributed by atoms with Crippen LogP contribution in [0.2, 0.25) is 0 Å². The van der Waals surface area contributed by atoms with Crippen molar-refractivity contribution >= 4 is 43.5 Å². The van der Waals surface area contributed by atoms with Crippen LogP contribution in [0.25, 0.3) is 0 Å². The lowest BCUT2D eigenvalue weighted by atomic mass is 10.1. The first kappa shape index (κ1) is 18.8. The predicted octanol–water partition coefficient (Wildman–Crippen LogP) is 3.83. The molecule has 1 aromatic carbocycles. The van der Waals surface area contributed by atoms with Crippen molar-refractivity contribution in [2.24, 2.45) is 0 Å². The summed E-state index contributed by atoms with van der Waals surface area (Å²) in [4.78, 5) is 15.5. The van der Waals surface area contributed by atoms with Crippen LogP contribution in [-0.4, -0.2) is 34.3 Å². The van der Waals surface area contributed by atoms with Crippen molar-refractivity contribution in [1.29, 1.82) is 0 Å². The predicted molar refractivity (Wildman–Crippen MR) is 96.0 cm³/mol. The zero-order valence-electron chi connectivity index (χ0n) is 12.5. The Bertz CT molecular complexity index is 739. The molecular formula is C16H15Br2FN2O3. The number of rotatable bonds is 7. The molecule has 0 atom stereocenters. The summed E-state index contributed by atoms with van der Waals surface area (Å²) in [6, 6.07) is 6.07. The van der Waals surface area contributed by atoms with Gasteiger partial charge in [0.1, 0.15) is 10.4 Å². The number of aliphatic hydroxyl groups excluding tert-OH is 1. The highest BCUT2D eigenvalue weighted by atomic mass is 79.9. The van der Waals surface area contributed by atoms with Crippen molar-refractivity contribution < 1.29 is 19.4 Å². The number of anilines is 1. The summed E-state index contributed by atoms with van der Waals surface area (Å²) in [5.41, 5.74) is 1.85. The molecule has 5 nitrogen and oxygen atoms in total. The summed E-state index contributed by atoms with van der Waals surface area (Å²) in [6.07, 6.45) is 0.928.